The van der Waals surface area contributed by atoms with E-state index in [1.807, 2.05) is 0 Å². The van der Waals surface area contributed by atoms with Crippen molar-refractivity contribution < 1.29 is 8.42 Å². The molecule has 0 bridgehead atoms. The Bertz CT molecular complexity index is 431. The second-order valence-electron chi connectivity index (χ2n) is 3.83. The number of hydrogen-bond donors (Lipinski definition) is 2. The lowest BCUT2D eigenvalue weighted by Crippen LogP contribution is -2.25. The maximum atomic E-state index is 11.8. The van der Waals surface area contributed by atoms with Crippen LogP contribution in [0, 0.1) is 6.92 Å². The molecule has 0 spiro atoms. The molecule has 0 aliphatic rings. The summed E-state index contributed by atoms with van der Waals surface area (Å²) in [4.78, 5) is 6.59. The molecule has 1 heterocycles. The SMILES string of the molecule is Cc1ncc(S(=O)(=O)NCCCCCCI)[nH]1. The first-order valence-electron chi connectivity index (χ1n) is 5.63. The van der Waals surface area contributed by atoms with E-state index in [2.05, 4.69) is 37.3 Å². The van der Waals surface area contributed by atoms with Crippen molar-refractivity contribution in [3.63, 3.8) is 0 Å². The third kappa shape index (κ3) is 5.35. The van der Waals surface area contributed by atoms with Gasteiger partial charge in [0.05, 0.1) is 6.20 Å². The van der Waals surface area contributed by atoms with Crippen LogP contribution in [-0.4, -0.2) is 29.4 Å². The smallest absolute Gasteiger partial charge is 0.257 e. The molecule has 98 valence electrons. The lowest BCUT2D eigenvalue weighted by atomic mass is 10.2. The molecule has 0 saturated heterocycles. The van der Waals surface area contributed by atoms with Gasteiger partial charge < -0.3 is 4.98 Å². The van der Waals surface area contributed by atoms with Crippen molar-refractivity contribution in [2.75, 3.05) is 11.0 Å². The number of rotatable bonds is 8. The number of halogens is 1. The van der Waals surface area contributed by atoms with E-state index < -0.39 is 10.0 Å². The van der Waals surface area contributed by atoms with Crippen LogP contribution in [0.25, 0.3) is 0 Å². The molecule has 1 rings (SSSR count). The van der Waals surface area contributed by atoms with Crippen LogP contribution in [0.3, 0.4) is 0 Å². The molecular weight excluding hydrogens is 353 g/mol. The Balaban J connectivity index is 2.31. The lowest BCUT2D eigenvalue weighted by molar-refractivity contribution is 0.571. The fourth-order valence-electron chi connectivity index (χ4n) is 1.39. The average molecular weight is 371 g/mol. The molecule has 0 saturated carbocycles. The molecule has 0 aliphatic carbocycles. The van der Waals surface area contributed by atoms with Crippen molar-refractivity contribution in [1.29, 1.82) is 0 Å². The molecule has 2 N–H and O–H groups in total. The zero-order valence-electron chi connectivity index (χ0n) is 9.87. The fraction of sp³-hybridized carbons (Fsp3) is 0.700. The maximum Gasteiger partial charge on any atom is 0.257 e. The molecule has 1 aromatic rings. The van der Waals surface area contributed by atoms with Crippen LogP contribution in [0.5, 0.6) is 0 Å². The van der Waals surface area contributed by atoms with Gasteiger partial charge in [-0.3, -0.25) is 0 Å². The zero-order valence-corrected chi connectivity index (χ0v) is 12.8. The van der Waals surface area contributed by atoms with Crippen molar-refractivity contribution in [3.05, 3.63) is 12.0 Å². The number of hydrogen-bond acceptors (Lipinski definition) is 3. The van der Waals surface area contributed by atoms with Gasteiger partial charge in [-0.15, -0.1) is 0 Å². The molecule has 0 aliphatic heterocycles. The summed E-state index contributed by atoms with van der Waals surface area (Å²) in [6.07, 6.45) is 5.64. The number of aromatic nitrogens is 2. The Morgan fingerprint density at radius 3 is 2.65 bits per heavy atom. The number of sulfonamides is 1. The molecule has 0 atom stereocenters. The predicted octanol–water partition coefficient (Wildman–Crippen LogP) is 1.99. The first-order valence-corrected chi connectivity index (χ1v) is 8.64. The van der Waals surface area contributed by atoms with Crippen LogP contribution in [0.4, 0.5) is 0 Å². The van der Waals surface area contributed by atoms with E-state index in [1.54, 1.807) is 6.92 Å². The Hall–Kier alpha value is -0.150. The number of H-pyrrole nitrogens is 1. The number of nitrogens with one attached hydrogen (secondary N) is 2. The third-order valence-electron chi connectivity index (χ3n) is 2.32. The highest BCUT2D eigenvalue weighted by Crippen LogP contribution is 2.06. The Labute approximate surface area is 116 Å². The second-order valence-corrected chi connectivity index (χ2v) is 6.65. The molecule has 0 fully saturated rings. The van der Waals surface area contributed by atoms with E-state index in [0.717, 1.165) is 23.7 Å². The van der Waals surface area contributed by atoms with Crippen LogP contribution in [0.15, 0.2) is 11.2 Å². The average Bonchev–Trinajstić information content (AvgIpc) is 2.71. The van der Waals surface area contributed by atoms with Crippen molar-refractivity contribution in [3.8, 4) is 0 Å². The molecule has 0 radical (unpaired) electrons. The third-order valence-corrected chi connectivity index (χ3v) is 4.46. The van der Waals surface area contributed by atoms with E-state index in [4.69, 9.17) is 0 Å². The number of alkyl halides is 1. The van der Waals surface area contributed by atoms with E-state index >= 15 is 0 Å². The van der Waals surface area contributed by atoms with Gasteiger partial charge in [0.1, 0.15) is 5.82 Å². The fourth-order valence-corrected chi connectivity index (χ4v) is 2.97. The standard InChI is InChI=1S/C10H18IN3O2S/c1-9-12-8-10(14-9)17(15,16)13-7-5-3-2-4-6-11/h8,13H,2-7H2,1H3,(H,12,14). The monoisotopic (exact) mass is 371 g/mol. The van der Waals surface area contributed by atoms with Gasteiger partial charge in [-0.2, -0.15) is 0 Å². The highest BCUT2D eigenvalue weighted by molar-refractivity contribution is 14.1. The number of aryl methyl sites for hydroxylation is 1. The summed E-state index contributed by atoms with van der Waals surface area (Å²) >= 11 is 2.35. The number of imidazole rings is 1. The lowest BCUT2D eigenvalue weighted by Gasteiger charge is -2.04. The highest BCUT2D eigenvalue weighted by atomic mass is 127. The van der Waals surface area contributed by atoms with E-state index in [1.165, 1.54) is 12.6 Å². The normalized spacial score (nSPS) is 11.9. The zero-order chi connectivity index (χ0) is 12.7. The van der Waals surface area contributed by atoms with E-state index in [-0.39, 0.29) is 5.03 Å². The van der Waals surface area contributed by atoms with Crippen molar-refractivity contribution >= 4 is 32.6 Å². The van der Waals surface area contributed by atoms with Crippen LogP contribution in [-0.2, 0) is 10.0 Å². The van der Waals surface area contributed by atoms with Gasteiger partial charge in [-0.25, -0.2) is 18.1 Å². The van der Waals surface area contributed by atoms with E-state index in [0.29, 0.717) is 12.4 Å². The summed E-state index contributed by atoms with van der Waals surface area (Å²) in [7, 11) is -3.40. The van der Waals surface area contributed by atoms with Crippen molar-refractivity contribution in [2.24, 2.45) is 0 Å². The minimum atomic E-state index is -3.40. The summed E-state index contributed by atoms with van der Waals surface area (Å²) in [5.41, 5.74) is 0. The number of nitrogens with zero attached hydrogens (tertiary/aromatic N) is 1. The Morgan fingerprint density at radius 2 is 2.06 bits per heavy atom. The minimum Gasteiger partial charge on any atom is -0.332 e. The number of aromatic amines is 1. The summed E-state index contributed by atoms with van der Waals surface area (Å²) in [6, 6.07) is 0. The largest absolute Gasteiger partial charge is 0.332 e. The van der Waals surface area contributed by atoms with Crippen molar-refractivity contribution in [1.82, 2.24) is 14.7 Å². The Kier molecular flexibility index (Phi) is 6.42. The summed E-state index contributed by atoms with van der Waals surface area (Å²) in [5.74, 6) is 0.604. The van der Waals surface area contributed by atoms with Gasteiger partial charge in [-0.05, 0) is 24.2 Å². The predicted molar refractivity (Wildman–Crippen MR) is 75.9 cm³/mol. The maximum absolute atomic E-state index is 11.8. The second kappa shape index (κ2) is 7.32. The number of unbranched alkanes of at least 4 members (excludes halogenated alkanes) is 3. The van der Waals surface area contributed by atoms with Gasteiger partial charge in [0, 0.05) is 6.54 Å². The topological polar surface area (TPSA) is 74.8 Å². The van der Waals surface area contributed by atoms with Crippen LogP contribution < -0.4 is 4.72 Å². The van der Waals surface area contributed by atoms with Crippen LogP contribution in [0.2, 0.25) is 0 Å². The molecule has 5 nitrogen and oxygen atoms in total. The molecule has 1 aromatic heterocycles. The highest BCUT2D eigenvalue weighted by Gasteiger charge is 2.15. The molecular formula is C10H18IN3O2S. The molecule has 17 heavy (non-hydrogen) atoms. The Morgan fingerprint density at radius 1 is 1.35 bits per heavy atom. The van der Waals surface area contributed by atoms with Crippen LogP contribution >= 0.6 is 22.6 Å². The summed E-state index contributed by atoms with van der Waals surface area (Å²) < 4.78 is 27.2. The minimum absolute atomic E-state index is 0.141. The van der Waals surface area contributed by atoms with Crippen molar-refractivity contribution in [2.45, 2.75) is 37.6 Å². The van der Waals surface area contributed by atoms with Gasteiger partial charge in [0.2, 0.25) is 0 Å². The quantitative estimate of drug-likeness (QED) is 0.417. The van der Waals surface area contributed by atoms with Gasteiger partial charge in [0.25, 0.3) is 10.0 Å². The van der Waals surface area contributed by atoms with E-state index in [9.17, 15) is 8.42 Å². The first-order chi connectivity index (χ1) is 8.06. The molecule has 0 unspecified atom stereocenters. The summed E-state index contributed by atoms with van der Waals surface area (Å²) in [5, 5.41) is 0.141. The van der Waals surface area contributed by atoms with Gasteiger partial charge in [-0.1, -0.05) is 35.4 Å². The summed E-state index contributed by atoms with van der Waals surface area (Å²) in [6.45, 7) is 2.21. The van der Waals surface area contributed by atoms with Crippen LogP contribution in [0.1, 0.15) is 31.5 Å². The molecule has 0 aromatic carbocycles. The molecule has 7 heteroatoms. The van der Waals surface area contributed by atoms with Gasteiger partial charge >= 0.3 is 0 Å². The first kappa shape index (κ1) is 14.9. The molecule has 0 amide bonds. The van der Waals surface area contributed by atoms with Gasteiger partial charge in [0.15, 0.2) is 5.03 Å².